The molecule has 0 spiro atoms. The summed E-state index contributed by atoms with van der Waals surface area (Å²) in [7, 11) is 1.97. The smallest absolute Gasteiger partial charge is 0.475 e. The van der Waals surface area contributed by atoms with Crippen LogP contribution in [0.3, 0.4) is 0 Å². The second kappa shape index (κ2) is 10.8. The van der Waals surface area contributed by atoms with Crippen molar-refractivity contribution < 1.29 is 37.4 Å². The zero-order valence-corrected chi connectivity index (χ0v) is 16.9. The lowest BCUT2D eigenvalue weighted by molar-refractivity contribution is -0.192. The molecule has 172 valence electrons. The molecule has 2 aliphatic heterocycles. The van der Waals surface area contributed by atoms with Crippen LogP contribution < -0.4 is 16.0 Å². The molecular weight excluding hydrogens is 421 g/mol. The van der Waals surface area contributed by atoms with Crippen LogP contribution in [0.5, 0.6) is 0 Å². The van der Waals surface area contributed by atoms with E-state index in [9.17, 15) is 22.8 Å². The van der Waals surface area contributed by atoms with Gasteiger partial charge in [-0.1, -0.05) is 0 Å². The first kappa shape index (κ1) is 24.3. The van der Waals surface area contributed by atoms with Crippen LogP contribution in [-0.4, -0.2) is 61.0 Å². The largest absolute Gasteiger partial charge is 0.490 e. The highest BCUT2D eigenvalue weighted by Crippen LogP contribution is 2.26. The Morgan fingerprint density at radius 2 is 1.94 bits per heavy atom. The van der Waals surface area contributed by atoms with Crippen molar-refractivity contribution in [1.82, 2.24) is 10.2 Å². The molecule has 3 rings (SSSR count). The Bertz CT molecular complexity index is 795. The quantitative estimate of drug-likeness (QED) is 0.564. The Balaban J connectivity index is 0.000000423. The third-order valence-corrected chi connectivity index (χ3v) is 4.90. The molecule has 1 aromatic rings. The summed E-state index contributed by atoms with van der Waals surface area (Å²) in [6.07, 6.45) is -2.25. The fourth-order valence-corrected chi connectivity index (χ4v) is 3.18. The number of urea groups is 1. The average Bonchev–Trinajstić information content (AvgIpc) is 2.72. The van der Waals surface area contributed by atoms with Crippen molar-refractivity contribution >= 4 is 29.5 Å². The number of carboxylic acid groups (broad SMARTS) is 1. The van der Waals surface area contributed by atoms with E-state index in [1.807, 2.05) is 18.0 Å². The molecule has 0 bridgehead atoms. The first-order valence-electron chi connectivity index (χ1n) is 9.67. The van der Waals surface area contributed by atoms with E-state index in [2.05, 4.69) is 16.0 Å². The number of nitrogens with zero attached hydrogens (tertiary/aromatic N) is 1. The first-order chi connectivity index (χ1) is 14.6. The van der Waals surface area contributed by atoms with Crippen LogP contribution in [0.2, 0.25) is 0 Å². The lowest BCUT2D eigenvalue weighted by Gasteiger charge is -2.32. The van der Waals surface area contributed by atoms with Gasteiger partial charge in [0.25, 0.3) is 0 Å². The van der Waals surface area contributed by atoms with Gasteiger partial charge in [-0.05, 0) is 57.0 Å². The standard InChI is InChI=1S/C17H24N4O3.C2HF3O2/c1-18-7-4-12-5-8-21(9-6-12)16(22)19-14-2-3-15-13(10-14)11-24-17(23)20-15;3-2(4,5)1(6)7/h2-3,10,12,18H,4-9,11H2,1H3,(H,19,22)(H,20,23);(H,6,7). The maximum absolute atomic E-state index is 12.4. The Morgan fingerprint density at radius 3 is 2.52 bits per heavy atom. The summed E-state index contributed by atoms with van der Waals surface area (Å²) in [5.41, 5.74) is 2.31. The van der Waals surface area contributed by atoms with Crippen molar-refractivity contribution in [3.8, 4) is 0 Å². The maximum Gasteiger partial charge on any atom is 0.490 e. The number of carboxylic acids is 1. The van der Waals surface area contributed by atoms with E-state index in [4.69, 9.17) is 14.6 Å². The van der Waals surface area contributed by atoms with Gasteiger partial charge < -0.3 is 25.4 Å². The molecule has 0 unspecified atom stereocenters. The highest BCUT2D eigenvalue weighted by Gasteiger charge is 2.38. The third-order valence-electron chi connectivity index (χ3n) is 4.90. The van der Waals surface area contributed by atoms with E-state index in [1.165, 1.54) is 6.42 Å². The van der Waals surface area contributed by atoms with E-state index >= 15 is 0 Å². The minimum Gasteiger partial charge on any atom is -0.475 e. The molecule has 1 aromatic carbocycles. The molecule has 3 amide bonds. The number of piperidine rings is 1. The summed E-state index contributed by atoms with van der Waals surface area (Å²) < 4.78 is 36.7. The van der Waals surface area contributed by atoms with Gasteiger partial charge >= 0.3 is 24.3 Å². The van der Waals surface area contributed by atoms with Crippen LogP contribution in [0.25, 0.3) is 0 Å². The molecule has 0 aliphatic carbocycles. The molecule has 0 aromatic heterocycles. The number of anilines is 2. The first-order valence-corrected chi connectivity index (χ1v) is 9.67. The monoisotopic (exact) mass is 446 g/mol. The van der Waals surface area contributed by atoms with E-state index < -0.39 is 18.2 Å². The molecule has 4 N–H and O–H groups in total. The molecule has 2 heterocycles. The Kier molecular flexibility index (Phi) is 8.48. The van der Waals surface area contributed by atoms with Gasteiger partial charge in [-0.15, -0.1) is 0 Å². The summed E-state index contributed by atoms with van der Waals surface area (Å²) in [5, 5.41) is 15.9. The third kappa shape index (κ3) is 7.63. The number of hydrogen-bond donors (Lipinski definition) is 4. The molecule has 1 fully saturated rings. The highest BCUT2D eigenvalue weighted by atomic mass is 19.4. The molecule has 12 heteroatoms. The summed E-state index contributed by atoms with van der Waals surface area (Å²) in [5.74, 6) is -2.06. The van der Waals surface area contributed by atoms with E-state index in [1.54, 1.807) is 12.1 Å². The minimum absolute atomic E-state index is 0.0669. The Morgan fingerprint density at radius 1 is 1.29 bits per heavy atom. The number of hydrogen-bond acceptors (Lipinski definition) is 5. The number of aliphatic carboxylic acids is 1. The summed E-state index contributed by atoms with van der Waals surface area (Å²) >= 11 is 0. The maximum atomic E-state index is 12.4. The molecular formula is C19H25F3N4O5. The number of rotatable bonds is 4. The van der Waals surface area contributed by atoms with Crippen molar-refractivity contribution in [2.45, 2.75) is 32.0 Å². The molecule has 1 saturated heterocycles. The van der Waals surface area contributed by atoms with Gasteiger partial charge in [0.15, 0.2) is 0 Å². The van der Waals surface area contributed by atoms with Crippen LogP contribution in [0.4, 0.5) is 34.1 Å². The lowest BCUT2D eigenvalue weighted by atomic mass is 9.94. The fraction of sp³-hybridized carbons (Fsp3) is 0.526. The van der Waals surface area contributed by atoms with Gasteiger partial charge in [-0.2, -0.15) is 13.2 Å². The van der Waals surface area contributed by atoms with Crippen LogP contribution in [0.15, 0.2) is 18.2 Å². The van der Waals surface area contributed by atoms with E-state index in [0.717, 1.165) is 49.4 Å². The number of likely N-dealkylation sites (tertiary alicyclic amines) is 1. The Labute approximate surface area is 176 Å². The second-order valence-corrected chi connectivity index (χ2v) is 7.13. The summed E-state index contributed by atoms with van der Waals surface area (Å²) in [6.45, 7) is 2.85. The zero-order chi connectivity index (χ0) is 23.0. The van der Waals surface area contributed by atoms with Gasteiger partial charge in [0.1, 0.15) is 6.61 Å². The van der Waals surface area contributed by atoms with Gasteiger partial charge in [0, 0.05) is 24.3 Å². The number of nitrogens with one attached hydrogen (secondary N) is 3. The number of ether oxygens (including phenoxy) is 1. The zero-order valence-electron chi connectivity index (χ0n) is 16.9. The highest BCUT2D eigenvalue weighted by molar-refractivity contribution is 5.91. The van der Waals surface area contributed by atoms with Crippen LogP contribution >= 0.6 is 0 Å². The van der Waals surface area contributed by atoms with Gasteiger partial charge in [0.05, 0.1) is 5.69 Å². The molecule has 0 atom stereocenters. The van der Waals surface area contributed by atoms with E-state index in [-0.39, 0.29) is 12.6 Å². The number of cyclic esters (lactones) is 1. The van der Waals surface area contributed by atoms with Crippen molar-refractivity contribution in [3.05, 3.63) is 23.8 Å². The van der Waals surface area contributed by atoms with Gasteiger partial charge in [-0.3, -0.25) is 5.32 Å². The molecule has 31 heavy (non-hydrogen) atoms. The number of carbonyl (C=O) groups excluding carboxylic acids is 2. The van der Waals surface area contributed by atoms with E-state index in [0.29, 0.717) is 5.92 Å². The van der Waals surface area contributed by atoms with Crippen LogP contribution in [-0.2, 0) is 16.1 Å². The van der Waals surface area contributed by atoms with Crippen LogP contribution in [0, 0.1) is 5.92 Å². The minimum atomic E-state index is -5.08. The number of carbonyl (C=O) groups is 3. The number of amides is 3. The van der Waals surface area contributed by atoms with Crippen molar-refractivity contribution in [1.29, 1.82) is 0 Å². The van der Waals surface area contributed by atoms with Gasteiger partial charge in [0.2, 0.25) is 0 Å². The van der Waals surface area contributed by atoms with Crippen LogP contribution in [0.1, 0.15) is 24.8 Å². The molecule has 0 saturated carbocycles. The van der Waals surface area contributed by atoms with Crippen molar-refractivity contribution in [2.24, 2.45) is 5.92 Å². The number of benzene rings is 1. The predicted octanol–water partition coefficient (Wildman–Crippen LogP) is 3.24. The molecule has 0 radical (unpaired) electrons. The fourth-order valence-electron chi connectivity index (χ4n) is 3.18. The normalized spacial score (nSPS) is 16.3. The molecule has 9 nitrogen and oxygen atoms in total. The molecule has 2 aliphatic rings. The lowest BCUT2D eigenvalue weighted by Crippen LogP contribution is -2.41. The van der Waals surface area contributed by atoms with Gasteiger partial charge in [-0.25, -0.2) is 14.4 Å². The second-order valence-electron chi connectivity index (χ2n) is 7.13. The number of fused-ring (bicyclic) bond motifs is 1. The number of alkyl halides is 3. The summed E-state index contributed by atoms with van der Waals surface area (Å²) in [6, 6.07) is 5.35. The average molecular weight is 446 g/mol. The SMILES string of the molecule is CNCCC1CCN(C(=O)Nc2ccc3c(c2)COC(=O)N3)CC1.O=C(O)C(F)(F)F. The number of halogens is 3. The summed E-state index contributed by atoms with van der Waals surface area (Å²) in [4.78, 5) is 34.3. The van der Waals surface area contributed by atoms with Crippen molar-refractivity contribution in [2.75, 3.05) is 37.3 Å². The predicted molar refractivity (Wildman–Crippen MR) is 106 cm³/mol. The topological polar surface area (TPSA) is 120 Å². The Hall–Kier alpha value is -3.02. The van der Waals surface area contributed by atoms with Crippen molar-refractivity contribution in [3.63, 3.8) is 0 Å².